The third-order valence-corrected chi connectivity index (χ3v) is 4.40. The highest BCUT2D eigenvalue weighted by Gasteiger charge is 2.17. The number of imidazole rings is 1. The summed E-state index contributed by atoms with van der Waals surface area (Å²) in [4.78, 5) is 4.09. The van der Waals surface area contributed by atoms with E-state index in [1.165, 1.54) is 11.1 Å². The quantitative estimate of drug-likeness (QED) is 0.728. The molecule has 1 aliphatic rings. The molecule has 0 spiro atoms. The van der Waals surface area contributed by atoms with Crippen LogP contribution in [0.3, 0.4) is 0 Å². The summed E-state index contributed by atoms with van der Waals surface area (Å²) in [6, 6.07) is 10.7. The molecule has 3 heterocycles. The zero-order valence-electron chi connectivity index (χ0n) is 13.6. The molecule has 1 atom stereocenters. The van der Waals surface area contributed by atoms with Crippen LogP contribution in [0.25, 0.3) is 0 Å². The summed E-state index contributed by atoms with van der Waals surface area (Å²) in [5.74, 6) is 1.69. The fraction of sp³-hybridized carbons (Fsp3) is 0.333. The molecule has 1 aromatic carbocycles. The molecule has 0 aliphatic carbocycles. The minimum Gasteiger partial charge on any atom is -0.370 e. The molecule has 24 heavy (non-hydrogen) atoms. The monoisotopic (exact) mass is 322 g/mol. The maximum Gasteiger partial charge on any atom is 0.124 e. The SMILES string of the molecule is c1cc(CNC[C@H]2CNc3ccnn3C2)cc(Cn2ccnc2)c1. The summed E-state index contributed by atoms with van der Waals surface area (Å²) in [7, 11) is 0. The Morgan fingerprint density at radius 3 is 3.08 bits per heavy atom. The van der Waals surface area contributed by atoms with Crippen LogP contribution in [0.1, 0.15) is 11.1 Å². The summed E-state index contributed by atoms with van der Waals surface area (Å²) < 4.78 is 4.13. The predicted molar refractivity (Wildman–Crippen MR) is 93.7 cm³/mol. The van der Waals surface area contributed by atoms with E-state index in [1.807, 2.05) is 35.7 Å². The molecule has 0 bridgehead atoms. The number of benzene rings is 1. The van der Waals surface area contributed by atoms with Gasteiger partial charge in [0.1, 0.15) is 5.82 Å². The Morgan fingerprint density at radius 1 is 1.21 bits per heavy atom. The molecule has 2 aromatic heterocycles. The lowest BCUT2D eigenvalue weighted by Gasteiger charge is -2.25. The molecule has 4 rings (SSSR count). The highest BCUT2D eigenvalue weighted by molar-refractivity contribution is 5.35. The average molecular weight is 322 g/mol. The highest BCUT2D eigenvalue weighted by atomic mass is 15.3. The lowest BCUT2D eigenvalue weighted by Crippen LogP contribution is -2.35. The maximum atomic E-state index is 4.34. The van der Waals surface area contributed by atoms with Gasteiger partial charge in [-0.05, 0) is 11.1 Å². The number of rotatable bonds is 6. The minimum atomic E-state index is 0.562. The van der Waals surface area contributed by atoms with Gasteiger partial charge in [-0.25, -0.2) is 9.67 Å². The first-order valence-corrected chi connectivity index (χ1v) is 8.37. The standard InChI is InChI=1S/C18H22N6/c1-2-15(8-16(3-1)12-23-7-6-19-14-23)9-20-10-17-11-21-18-4-5-22-24(18)13-17/h1-8,14,17,20-21H,9-13H2/t17-/m0/s1. The van der Waals surface area contributed by atoms with Gasteiger partial charge in [0, 0.05) is 57.1 Å². The molecule has 0 radical (unpaired) electrons. The van der Waals surface area contributed by atoms with Gasteiger partial charge in [-0.1, -0.05) is 24.3 Å². The van der Waals surface area contributed by atoms with Crippen molar-refractivity contribution >= 4 is 5.82 Å². The highest BCUT2D eigenvalue weighted by Crippen LogP contribution is 2.15. The summed E-state index contributed by atoms with van der Waals surface area (Å²) in [5, 5.41) is 11.3. The molecule has 0 unspecified atom stereocenters. The van der Waals surface area contributed by atoms with Gasteiger partial charge < -0.3 is 15.2 Å². The fourth-order valence-corrected chi connectivity index (χ4v) is 3.17. The Labute approximate surface area is 141 Å². The third kappa shape index (κ3) is 3.49. The first-order chi connectivity index (χ1) is 11.9. The molecule has 0 amide bonds. The van der Waals surface area contributed by atoms with Gasteiger partial charge in [0.15, 0.2) is 0 Å². The molecular formula is C18H22N6. The van der Waals surface area contributed by atoms with Gasteiger partial charge in [0.05, 0.1) is 12.5 Å². The second-order valence-electron chi connectivity index (χ2n) is 6.33. The molecule has 2 N–H and O–H groups in total. The van der Waals surface area contributed by atoms with E-state index in [9.17, 15) is 0 Å². The Balaban J connectivity index is 1.29. The van der Waals surface area contributed by atoms with E-state index >= 15 is 0 Å². The Hall–Kier alpha value is -2.60. The number of aromatic nitrogens is 4. The molecular weight excluding hydrogens is 300 g/mol. The second-order valence-corrected chi connectivity index (χ2v) is 6.33. The third-order valence-electron chi connectivity index (χ3n) is 4.40. The molecule has 0 saturated heterocycles. The van der Waals surface area contributed by atoms with Gasteiger partial charge in [-0.2, -0.15) is 5.10 Å². The molecule has 1 aliphatic heterocycles. The number of nitrogens with zero attached hydrogens (tertiary/aromatic N) is 4. The average Bonchev–Trinajstić information content (AvgIpc) is 3.26. The van der Waals surface area contributed by atoms with Crippen molar-refractivity contribution < 1.29 is 0 Å². The number of fused-ring (bicyclic) bond motifs is 1. The normalized spacial score (nSPS) is 16.6. The van der Waals surface area contributed by atoms with Crippen LogP contribution in [-0.2, 0) is 19.6 Å². The van der Waals surface area contributed by atoms with Gasteiger partial charge in [-0.3, -0.25) is 0 Å². The minimum absolute atomic E-state index is 0.562. The van der Waals surface area contributed by atoms with Crippen LogP contribution in [0.5, 0.6) is 0 Å². The zero-order chi connectivity index (χ0) is 16.2. The molecule has 0 saturated carbocycles. The Morgan fingerprint density at radius 2 is 2.17 bits per heavy atom. The summed E-state index contributed by atoms with van der Waals surface area (Å²) >= 11 is 0. The number of hydrogen-bond acceptors (Lipinski definition) is 4. The molecule has 6 heteroatoms. The van der Waals surface area contributed by atoms with Gasteiger partial charge in [0.2, 0.25) is 0 Å². The molecule has 0 fully saturated rings. The van der Waals surface area contributed by atoms with Gasteiger partial charge in [0.25, 0.3) is 0 Å². The lowest BCUT2D eigenvalue weighted by molar-refractivity contribution is 0.391. The van der Waals surface area contributed by atoms with E-state index < -0.39 is 0 Å². The van der Waals surface area contributed by atoms with Crippen LogP contribution in [0, 0.1) is 5.92 Å². The van der Waals surface area contributed by atoms with Crippen LogP contribution in [0.4, 0.5) is 5.82 Å². The molecule has 6 nitrogen and oxygen atoms in total. The van der Waals surface area contributed by atoms with Crippen LogP contribution in [0.15, 0.2) is 55.2 Å². The number of anilines is 1. The summed E-state index contributed by atoms with van der Waals surface area (Å²) in [5.41, 5.74) is 2.61. The van der Waals surface area contributed by atoms with E-state index in [4.69, 9.17) is 0 Å². The van der Waals surface area contributed by atoms with E-state index in [0.29, 0.717) is 5.92 Å². The summed E-state index contributed by atoms with van der Waals surface area (Å²) in [6.07, 6.45) is 7.51. The van der Waals surface area contributed by atoms with E-state index in [-0.39, 0.29) is 0 Å². The van der Waals surface area contributed by atoms with Crippen molar-refractivity contribution in [2.24, 2.45) is 5.92 Å². The second kappa shape index (κ2) is 6.88. The maximum absolute atomic E-state index is 4.34. The van der Waals surface area contributed by atoms with Crippen molar-refractivity contribution in [1.82, 2.24) is 24.6 Å². The predicted octanol–water partition coefficient (Wildman–Crippen LogP) is 1.96. The van der Waals surface area contributed by atoms with Crippen molar-refractivity contribution in [3.63, 3.8) is 0 Å². The van der Waals surface area contributed by atoms with Crippen molar-refractivity contribution in [1.29, 1.82) is 0 Å². The first kappa shape index (κ1) is 15.0. The molecule has 3 aromatic rings. The zero-order valence-corrected chi connectivity index (χ0v) is 13.6. The van der Waals surface area contributed by atoms with Crippen LogP contribution in [0.2, 0.25) is 0 Å². The number of hydrogen-bond donors (Lipinski definition) is 2. The van der Waals surface area contributed by atoms with Crippen molar-refractivity contribution in [2.75, 3.05) is 18.4 Å². The van der Waals surface area contributed by atoms with Gasteiger partial charge >= 0.3 is 0 Å². The van der Waals surface area contributed by atoms with E-state index in [0.717, 1.165) is 38.5 Å². The number of nitrogens with one attached hydrogen (secondary N) is 2. The largest absolute Gasteiger partial charge is 0.370 e. The van der Waals surface area contributed by atoms with Crippen molar-refractivity contribution in [3.8, 4) is 0 Å². The van der Waals surface area contributed by atoms with Crippen LogP contribution >= 0.6 is 0 Å². The Bertz CT molecular complexity index is 776. The summed E-state index contributed by atoms with van der Waals surface area (Å²) in [6.45, 7) is 4.71. The van der Waals surface area contributed by atoms with Crippen molar-refractivity contribution in [3.05, 3.63) is 66.4 Å². The molecule has 124 valence electrons. The van der Waals surface area contributed by atoms with Crippen molar-refractivity contribution in [2.45, 2.75) is 19.6 Å². The first-order valence-electron chi connectivity index (χ1n) is 8.37. The topological polar surface area (TPSA) is 59.7 Å². The fourth-order valence-electron chi connectivity index (χ4n) is 3.17. The lowest BCUT2D eigenvalue weighted by atomic mass is 10.1. The van der Waals surface area contributed by atoms with Crippen LogP contribution < -0.4 is 10.6 Å². The van der Waals surface area contributed by atoms with Crippen LogP contribution in [-0.4, -0.2) is 32.4 Å². The Kier molecular flexibility index (Phi) is 4.29. The van der Waals surface area contributed by atoms with Gasteiger partial charge in [-0.15, -0.1) is 0 Å². The van der Waals surface area contributed by atoms with E-state index in [2.05, 4.69) is 49.5 Å². The smallest absolute Gasteiger partial charge is 0.124 e. The van der Waals surface area contributed by atoms with E-state index in [1.54, 1.807) is 0 Å².